The molecule has 4 rings (SSSR count). The van der Waals surface area contributed by atoms with Gasteiger partial charge in [0.2, 0.25) is 0 Å². The summed E-state index contributed by atoms with van der Waals surface area (Å²) >= 11 is 0. The van der Waals surface area contributed by atoms with Crippen LogP contribution in [0.15, 0.2) is 54.7 Å². The summed E-state index contributed by atoms with van der Waals surface area (Å²) in [6.07, 6.45) is 3.68. The number of aromatic nitrogens is 2. The van der Waals surface area contributed by atoms with Crippen molar-refractivity contribution < 1.29 is 9.59 Å². The maximum absolute atomic E-state index is 13.1. The van der Waals surface area contributed by atoms with Crippen LogP contribution < -0.4 is 0 Å². The highest BCUT2D eigenvalue weighted by atomic mass is 16.2. The highest BCUT2D eigenvalue weighted by Crippen LogP contribution is 2.34. The second kappa shape index (κ2) is 7.46. The highest BCUT2D eigenvalue weighted by Gasteiger charge is 2.34. The summed E-state index contributed by atoms with van der Waals surface area (Å²) in [5.74, 6) is 0.663. The molecule has 6 nitrogen and oxygen atoms in total. The lowest BCUT2D eigenvalue weighted by molar-refractivity contribution is 0.0729. The first-order valence-electron chi connectivity index (χ1n) is 9.70. The standard InChI is InChI=1S/C22H24N4O2/c1-3-24(2)22(28)19-17-12-7-8-14-25(17)20(23-19)18-13-9-15-26(18)21(27)16-10-5-4-6-11-16/h4-8,10-12,14,18H,3,9,13,15H2,1-2H3/t18-/m1/s1. The zero-order valence-electron chi connectivity index (χ0n) is 16.2. The molecule has 0 aliphatic carbocycles. The van der Waals surface area contributed by atoms with Gasteiger partial charge in [-0.25, -0.2) is 4.98 Å². The summed E-state index contributed by atoms with van der Waals surface area (Å²) in [6.45, 7) is 3.24. The van der Waals surface area contributed by atoms with Gasteiger partial charge in [-0.15, -0.1) is 0 Å². The van der Waals surface area contributed by atoms with Crippen molar-refractivity contribution in [2.24, 2.45) is 0 Å². The van der Waals surface area contributed by atoms with Crippen molar-refractivity contribution in [2.45, 2.75) is 25.8 Å². The Labute approximate surface area is 164 Å². The van der Waals surface area contributed by atoms with Gasteiger partial charge in [0.05, 0.1) is 11.6 Å². The topological polar surface area (TPSA) is 57.9 Å². The molecule has 0 unspecified atom stereocenters. The van der Waals surface area contributed by atoms with E-state index >= 15 is 0 Å². The number of benzene rings is 1. The molecule has 0 bridgehead atoms. The Morgan fingerprint density at radius 3 is 2.64 bits per heavy atom. The number of hydrogen-bond donors (Lipinski definition) is 0. The Balaban J connectivity index is 1.76. The van der Waals surface area contributed by atoms with E-state index in [1.807, 2.05) is 71.0 Å². The fourth-order valence-electron chi connectivity index (χ4n) is 3.80. The monoisotopic (exact) mass is 376 g/mol. The summed E-state index contributed by atoms with van der Waals surface area (Å²) in [5, 5.41) is 0. The first-order valence-corrected chi connectivity index (χ1v) is 9.70. The molecule has 0 spiro atoms. The summed E-state index contributed by atoms with van der Waals surface area (Å²) in [4.78, 5) is 34.2. The fourth-order valence-corrected chi connectivity index (χ4v) is 3.80. The van der Waals surface area contributed by atoms with E-state index in [1.165, 1.54) is 0 Å². The molecule has 28 heavy (non-hydrogen) atoms. The minimum absolute atomic E-state index is 0.00864. The third-order valence-electron chi connectivity index (χ3n) is 5.43. The lowest BCUT2D eigenvalue weighted by Crippen LogP contribution is -2.31. The molecule has 0 saturated carbocycles. The van der Waals surface area contributed by atoms with Crippen LogP contribution in [0.2, 0.25) is 0 Å². The predicted molar refractivity (Wildman–Crippen MR) is 107 cm³/mol. The van der Waals surface area contributed by atoms with Crippen LogP contribution in [0.5, 0.6) is 0 Å². The number of amides is 2. The van der Waals surface area contributed by atoms with Gasteiger partial charge in [-0.3, -0.25) is 9.59 Å². The van der Waals surface area contributed by atoms with E-state index in [-0.39, 0.29) is 17.9 Å². The van der Waals surface area contributed by atoms with Crippen LogP contribution in [0.25, 0.3) is 5.52 Å². The lowest BCUT2D eigenvalue weighted by Gasteiger charge is -2.24. The van der Waals surface area contributed by atoms with Crippen molar-refractivity contribution >= 4 is 17.3 Å². The molecule has 0 N–H and O–H groups in total. The van der Waals surface area contributed by atoms with Gasteiger partial charge in [0, 0.05) is 31.9 Å². The quantitative estimate of drug-likeness (QED) is 0.701. The maximum Gasteiger partial charge on any atom is 0.274 e. The van der Waals surface area contributed by atoms with Gasteiger partial charge in [0.25, 0.3) is 11.8 Å². The molecular weight excluding hydrogens is 352 g/mol. The van der Waals surface area contributed by atoms with Gasteiger partial charge in [-0.05, 0) is 44.0 Å². The van der Waals surface area contributed by atoms with Crippen molar-refractivity contribution in [1.29, 1.82) is 0 Å². The third kappa shape index (κ3) is 3.05. The number of nitrogens with zero attached hydrogens (tertiary/aromatic N) is 4. The Bertz CT molecular complexity index is 1010. The van der Waals surface area contributed by atoms with Crippen LogP contribution in [0.3, 0.4) is 0 Å². The SMILES string of the molecule is CCN(C)C(=O)c1nc([C@H]2CCCN2C(=O)c2ccccc2)n2ccccc12. The zero-order valence-corrected chi connectivity index (χ0v) is 16.2. The van der Waals surface area contributed by atoms with Gasteiger partial charge in [-0.2, -0.15) is 0 Å². The lowest BCUT2D eigenvalue weighted by atomic mass is 10.1. The van der Waals surface area contributed by atoms with E-state index in [1.54, 1.807) is 11.9 Å². The second-order valence-electron chi connectivity index (χ2n) is 7.12. The van der Waals surface area contributed by atoms with Crippen LogP contribution in [0.4, 0.5) is 0 Å². The summed E-state index contributed by atoms with van der Waals surface area (Å²) in [6, 6.07) is 14.9. The van der Waals surface area contributed by atoms with Crippen molar-refractivity contribution in [3.05, 3.63) is 71.8 Å². The number of fused-ring (bicyclic) bond motifs is 1. The normalized spacial score (nSPS) is 16.5. The van der Waals surface area contributed by atoms with Crippen molar-refractivity contribution in [3.63, 3.8) is 0 Å². The Hall–Kier alpha value is -3.15. The van der Waals surface area contributed by atoms with E-state index in [2.05, 4.69) is 0 Å². The number of hydrogen-bond acceptors (Lipinski definition) is 3. The number of rotatable bonds is 4. The molecule has 1 aliphatic rings. The van der Waals surface area contributed by atoms with E-state index in [9.17, 15) is 9.59 Å². The third-order valence-corrected chi connectivity index (χ3v) is 5.43. The van der Waals surface area contributed by atoms with Crippen LogP contribution >= 0.6 is 0 Å². The molecule has 1 atom stereocenters. The molecule has 1 saturated heterocycles. The molecule has 3 heterocycles. The van der Waals surface area contributed by atoms with Crippen molar-refractivity contribution in [3.8, 4) is 0 Å². The largest absolute Gasteiger partial charge is 0.341 e. The Kier molecular flexibility index (Phi) is 4.86. The molecule has 2 aromatic heterocycles. The minimum atomic E-state index is -0.143. The van der Waals surface area contributed by atoms with Gasteiger partial charge < -0.3 is 14.2 Å². The van der Waals surface area contributed by atoms with E-state index in [4.69, 9.17) is 4.98 Å². The molecule has 1 fully saturated rings. The number of carbonyl (C=O) groups is 2. The molecule has 6 heteroatoms. The fraction of sp³-hybridized carbons (Fsp3) is 0.318. The predicted octanol–water partition coefficient (Wildman–Crippen LogP) is 3.40. The summed E-state index contributed by atoms with van der Waals surface area (Å²) < 4.78 is 1.96. The maximum atomic E-state index is 13.1. The van der Waals surface area contributed by atoms with Crippen LogP contribution in [0.1, 0.15) is 52.5 Å². The molecule has 1 aromatic carbocycles. The highest BCUT2D eigenvalue weighted by molar-refractivity contribution is 5.99. The average molecular weight is 376 g/mol. The van der Waals surface area contributed by atoms with Crippen LogP contribution in [0, 0.1) is 0 Å². The summed E-state index contributed by atoms with van der Waals surface area (Å²) in [5.41, 5.74) is 1.90. The first-order chi connectivity index (χ1) is 13.6. The van der Waals surface area contributed by atoms with E-state index in [0.29, 0.717) is 24.3 Å². The second-order valence-corrected chi connectivity index (χ2v) is 7.12. The van der Waals surface area contributed by atoms with Gasteiger partial charge >= 0.3 is 0 Å². The zero-order chi connectivity index (χ0) is 19.7. The van der Waals surface area contributed by atoms with E-state index in [0.717, 1.165) is 24.2 Å². The van der Waals surface area contributed by atoms with Crippen molar-refractivity contribution in [1.82, 2.24) is 19.2 Å². The Morgan fingerprint density at radius 2 is 1.89 bits per heavy atom. The van der Waals surface area contributed by atoms with Gasteiger partial charge in [0.15, 0.2) is 5.69 Å². The first kappa shape index (κ1) is 18.2. The van der Waals surface area contributed by atoms with Crippen LogP contribution in [-0.2, 0) is 0 Å². The number of pyridine rings is 1. The number of likely N-dealkylation sites (tertiary alicyclic amines) is 1. The van der Waals surface area contributed by atoms with Gasteiger partial charge in [-0.1, -0.05) is 24.3 Å². The summed E-state index contributed by atoms with van der Waals surface area (Å²) in [7, 11) is 1.77. The van der Waals surface area contributed by atoms with Crippen LogP contribution in [-0.4, -0.2) is 51.1 Å². The molecule has 3 aromatic rings. The number of carbonyl (C=O) groups excluding carboxylic acids is 2. The van der Waals surface area contributed by atoms with Gasteiger partial charge in [0.1, 0.15) is 5.82 Å². The Morgan fingerprint density at radius 1 is 1.14 bits per heavy atom. The minimum Gasteiger partial charge on any atom is -0.341 e. The smallest absolute Gasteiger partial charge is 0.274 e. The average Bonchev–Trinajstić information content (AvgIpc) is 3.37. The van der Waals surface area contributed by atoms with E-state index < -0.39 is 0 Å². The van der Waals surface area contributed by atoms with Crippen molar-refractivity contribution in [2.75, 3.05) is 20.1 Å². The molecule has 144 valence electrons. The molecule has 0 radical (unpaired) electrons. The molecule has 1 aliphatic heterocycles. The molecular formula is C22H24N4O2. The number of imidazole rings is 1. The molecule has 2 amide bonds.